The third kappa shape index (κ3) is 3.52. The number of anilines is 1. The van der Waals surface area contributed by atoms with Crippen LogP contribution in [0.3, 0.4) is 0 Å². The zero-order valence-electron chi connectivity index (χ0n) is 17.7. The summed E-state index contributed by atoms with van der Waals surface area (Å²) < 4.78 is 0. The van der Waals surface area contributed by atoms with Crippen molar-refractivity contribution in [3.05, 3.63) is 46.4 Å². The number of hydrogen-bond donors (Lipinski definition) is 0. The van der Waals surface area contributed by atoms with Crippen LogP contribution >= 0.6 is 11.8 Å². The van der Waals surface area contributed by atoms with E-state index in [1.54, 1.807) is 6.08 Å². The van der Waals surface area contributed by atoms with Gasteiger partial charge >= 0.3 is 0 Å². The maximum atomic E-state index is 12.6. The molecule has 0 aliphatic carbocycles. The fourth-order valence-electron chi connectivity index (χ4n) is 4.67. The number of carbonyl (C=O) groups excluding carboxylic acids is 2. The van der Waals surface area contributed by atoms with Crippen molar-refractivity contribution in [3.8, 4) is 0 Å². The lowest BCUT2D eigenvalue weighted by molar-refractivity contribution is -0.122. The van der Waals surface area contributed by atoms with Gasteiger partial charge in [0.05, 0.1) is 4.91 Å². The number of aryl methyl sites for hydroxylation is 1. The van der Waals surface area contributed by atoms with Crippen LogP contribution in [0.15, 0.2) is 29.7 Å². The number of thioether (sulfide) groups is 1. The molecule has 150 valence electrons. The first-order chi connectivity index (χ1) is 13.1. The summed E-state index contributed by atoms with van der Waals surface area (Å²) in [5.41, 5.74) is 4.83. The van der Waals surface area contributed by atoms with Gasteiger partial charge in [0.2, 0.25) is 0 Å². The molecule has 2 heterocycles. The van der Waals surface area contributed by atoms with Gasteiger partial charge in [-0.2, -0.15) is 0 Å². The second-order valence-electron chi connectivity index (χ2n) is 8.73. The smallest absolute Gasteiger partial charge is 0.293 e. The topological polar surface area (TPSA) is 40.6 Å². The van der Waals surface area contributed by atoms with Crippen LogP contribution in [0.2, 0.25) is 0 Å². The number of amides is 2. The van der Waals surface area contributed by atoms with Crippen LogP contribution in [0.1, 0.15) is 63.6 Å². The molecule has 0 aromatic heterocycles. The van der Waals surface area contributed by atoms with Gasteiger partial charge in [-0.05, 0) is 93.6 Å². The van der Waals surface area contributed by atoms with Crippen LogP contribution in [0, 0.1) is 6.92 Å². The molecule has 1 fully saturated rings. The third-order valence-electron chi connectivity index (χ3n) is 5.65. The standard InChI is InChI=1S/C23H30N2O2S/c1-8-9-24-21(26)20(28-22(24)27)12-17-11-18-16(5)13-23(6,7)25(14(2)3)19(18)10-15(17)4/h8,10-12,14,16H,1,9,13H2,2-7H3/b20-12-. The molecule has 1 unspecified atom stereocenters. The summed E-state index contributed by atoms with van der Waals surface area (Å²) in [6.45, 7) is 17.3. The summed E-state index contributed by atoms with van der Waals surface area (Å²) in [7, 11) is 0. The maximum absolute atomic E-state index is 12.6. The lowest BCUT2D eigenvalue weighted by Crippen LogP contribution is -2.51. The predicted octanol–water partition coefficient (Wildman–Crippen LogP) is 5.72. The minimum Gasteiger partial charge on any atom is -0.364 e. The van der Waals surface area contributed by atoms with E-state index in [1.807, 2.05) is 6.08 Å². The second-order valence-corrected chi connectivity index (χ2v) is 9.72. The average Bonchev–Trinajstić information content (AvgIpc) is 2.83. The molecule has 5 heteroatoms. The molecular formula is C23H30N2O2S. The van der Waals surface area contributed by atoms with Crippen molar-refractivity contribution >= 4 is 34.7 Å². The molecule has 1 saturated heterocycles. The highest BCUT2D eigenvalue weighted by Gasteiger charge is 2.38. The minimum atomic E-state index is -0.231. The summed E-state index contributed by atoms with van der Waals surface area (Å²) >= 11 is 1.01. The Balaban J connectivity index is 2.05. The zero-order chi connectivity index (χ0) is 20.8. The van der Waals surface area contributed by atoms with E-state index >= 15 is 0 Å². The van der Waals surface area contributed by atoms with Gasteiger partial charge in [0.1, 0.15) is 0 Å². The Hall–Kier alpha value is -2.01. The summed E-state index contributed by atoms with van der Waals surface area (Å²) in [6, 6.07) is 4.86. The van der Waals surface area contributed by atoms with E-state index in [4.69, 9.17) is 0 Å². The molecule has 0 spiro atoms. The lowest BCUT2D eigenvalue weighted by Gasteiger charge is -2.50. The molecule has 4 nitrogen and oxygen atoms in total. The number of imide groups is 1. The first-order valence-electron chi connectivity index (χ1n) is 9.87. The summed E-state index contributed by atoms with van der Waals surface area (Å²) in [4.78, 5) is 28.9. The largest absolute Gasteiger partial charge is 0.364 e. The Kier molecular flexibility index (Phi) is 5.50. The van der Waals surface area contributed by atoms with E-state index in [-0.39, 0.29) is 23.2 Å². The SMILES string of the molecule is C=CCN1C(=O)S/C(=C\c2cc3c(cc2C)N(C(C)C)C(C)(C)CC3C)C1=O. The molecule has 2 amide bonds. The third-order valence-corrected chi connectivity index (χ3v) is 6.56. The number of benzene rings is 1. The van der Waals surface area contributed by atoms with Crippen LogP contribution in [0.4, 0.5) is 10.5 Å². The van der Waals surface area contributed by atoms with Gasteiger partial charge in [0, 0.05) is 23.8 Å². The van der Waals surface area contributed by atoms with Crippen LogP contribution < -0.4 is 4.90 Å². The van der Waals surface area contributed by atoms with E-state index in [1.165, 1.54) is 16.2 Å². The molecule has 0 bridgehead atoms. The van der Waals surface area contributed by atoms with E-state index < -0.39 is 0 Å². The molecule has 0 N–H and O–H groups in total. The molecule has 0 saturated carbocycles. The summed E-state index contributed by atoms with van der Waals surface area (Å²) in [5, 5.41) is -0.229. The number of fused-ring (bicyclic) bond motifs is 1. The van der Waals surface area contributed by atoms with Crippen LogP contribution in [0.5, 0.6) is 0 Å². The van der Waals surface area contributed by atoms with Crippen molar-refractivity contribution in [1.82, 2.24) is 4.90 Å². The maximum Gasteiger partial charge on any atom is 0.293 e. The summed E-state index contributed by atoms with van der Waals surface area (Å²) in [5.74, 6) is 0.202. The average molecular weight is 399 g/mol. The van der Waals surface area contributed by atoms with Crippen molar-refractivity contribution in [2.24, 2.45) is 0 Å². The molecule has 1 aromatic rings. The lowest BCUT2D eigenvalue weighted by atomic mass is 9.78. The fraction of sp³-hybridized carbons (Fsp3) is 0.478. The Morgan fingerprint density at radius 1 is 1.32 bits per heavy atom. The van der Waals surface area contributed by atoms with Crippen molar-refractivity contribution < 1.29 is 9.59 Å². The van der Waals surface area contributed by atoms with Gasteiger partial charge in [0.25, 0.3) is 11.1 Å². The molecule has 28 heavy (non-hydrogen) atoms. The monoisotopic (exact) mass is 398 g/mol. The number of rotatable bonds is 4. The zero-order valence-corrected chi connectivity index (χ0v) is 18.5. The van der Waals surface area contributed by atoms with Gasteiger partial charge in [-0.3, -0.25) is 14.5 Å². The highest BCUT2D eigenvalue weighted by atomic mass is 32.2. The van der Waals surface area contributed by atoms with Crippen LogP contribution in [0.25, 0.3) is 6.08 Å². The Morgan fingerprint density at radius 3 is 2.61 bits per heavy atom. The Labute approximate surface area is 172 Å². The quantitative estimate of drug-likeness (QED) is 0.480. The van der Waals surface area contributed by atoms with Gasteiger partial charge < -0.3 is 4.90 Å². The molecule has 2 aliphatic heterocycles. The normalized spacial score (nSPS) is 23.0. The molecule has 3 rings (SSSR count). The molecule has 0 radical (unpaired) electrons. The highest BCUT2D eigenvalue weighted by molar-refractivity contribution is 8.18. The van der Waals surface area contributed by atoms with Gasteiger partial charge in [0.15, 0.2) is 0 Å². The molecule has 1 aromatic carbocycles. The first-order valence-corrected chi connectivity index (χ1v) is 10.7. The molecular weight excluding hydrogens is 368 g/mol. The van der Waals surface area contributed by atoms with Crippen molar-refractivity contribution in [2.45, 2.75) is 65.5 Å². The Morgan fingerprint density at radius 2 is 2.00 bits per heavy atom. The second kappa shape index (κ2) is 7.43. The summed E-state index contributed by atoms with van der Waals surface area (Å²) in [6.07, 6.45) is 4.53. The van der Waals surface area contributed by atoms with Crippen LogP contribution in [-0.4, -0.2) is 34.2 Å². The molecule has 1 atom stereocenters. The fourth-order valence-corrected chi connectivity index (χ4v) is 5.51. The first kappa shape index (κ1) is 20.7. The van der Waals surface area contributed by atoms with Crippen molar-refractivity contribution in [1.29, 1.82) is 0 Å². The minimum absolute atomic E-state index is 0.0991. The van der Waals surface area contributed by atoms with E-state index in [2.05, 4.69) is 65.2 Å². The van der Waals surface area contributed by atoms with Gasteiger partial charge in [-0.1, -0.05) is 13.0 Å². The van der Waals surface area contributed by atoms with Gasteiger partial charge in [-0.25, -0.2) is 0 Å². The van der Waals surface area contributed by atoms with Crippen molar-refractivity contribution in [2.75, 3.05) is 11.4 Å². The highest BCUT2D eigenvalue weighted by Crippen LogP contribution is 2.46. The van der Waals surface area contributed by atoms with Crippen LogP contribution in [-0.2, 0) is 4.79 Å². The van der Waals surface area contributed by atoms with E-state index in [0.717, 1.165) is 29.3 Å². The number of nitrogens with zero attached hydrogens (tertiary/aromatic N) is 2. The number of carbonyl (C=O) groups is 2. The van der Waals surface area contributed by atoms with E-state index in [9.17, 15) is 9.59 Å². The molecule has 2 aliphatic rings. The number of hydrogen-bond acceptors (Lipinski definition) is 4. The predicted molar refractivity (Wildman–Crippen MR) is 119 cm³/mol. The van der Waals surface area contributed by atoms with Crippen molar-refractivity contribution in [3.63, 3.8) is 0 Å². The Bertz CT molecular complexity index is 870. The van der Waals surface area contributed by atoms with Gasteiger partial charge in [-0.15, -0.1) is 6.58 Å². The van der Waals surface area contributed by atoms with E-state index in [0.29, 0.717) is 16.9 Å².